The number of rotatable bonds is 2. The molecule has 1 unspecified atom stereocenters. The maximum absolute atomic E-state index is 12.2. The van der Waals surface area contributed by atoms with Gasteiger partial charge in [0.15, 0.2) is 0 Å². The van der Waals surface area contributed by atoms with Crippen LogP contribution < -0.4 is 5.73 Å². The molecule has 1 radical (unpaired) electrons. The van der Waals surface area contributed by atoms with E-state index in [2.05, 4.69) is 4.98 Å². The first-order chi connectivity index (χ1) is 8.20. The van der Waals surface area contributed by atoms with E-state index in [1.165, 1.54) is 4.90 Å². The van der Waals surface area contributed by atoms with Crippen LogP contribution in [0.3, 0.4) is 0 Å². The average Bonchev–Trinajstić information content (AvgIpc) is 2.39. The summed E-state index contributed by atoms with van der Waals surface area (Å²) in [7, 11) is 0. The minimum absolute atomic E-state index is 0.163. The van der Waals surface area contributed by atoms with Crippen LogP contribution in [-0.4, -0.2) is 34.3 Å². The van der Waals surface area contributed by atoms with Crippen LogP contribution in [0.5, 0.6) is 0 Å². The fourth-order valence-electron chi connectivity index (χ4n) is 1.96. The zero-order chi connectivity index (χ0) is 12.3. The molecule has 1 atom stereocenters. The zero-order valence-electron chi connectivity index (χ0n) is 9.37. The third-order valence-corrected chi connectivity index (χ3v) is 2.86. The second-order valence-corrected chi connectivity index (χ2v) is 3.97. The number of hydrogen-bond donors (Lipinski definition) is 1. The largest absolute Gasteiger partial charge is 0.368 e. The second kappa shape index (κ2) is 4.95. The van der Waals surface area contributed by atoms with Crippen molar-refractivity contribution in [3.05, 3.63) is 36.5 Å². The molecule has 2 heterocycles. The van der Waals surface area contributed by atoms with Crippen molar-refractivity contribution in [3.8, 4) is 0 Å². The number of carbonyl (C=O) groups is 2. The van der Waals surface area contributed by atoms with E-state index in [1.807, 2.05) is 6.42 Å². The van der Waals surface area contributed by atoms with Crippen LogP contribution in [0.1, 0.15) is 23.2 Å². The van der Waals surface area contributed by atoms with Gasteiger partial charge in [0, 0.05) is 24.5 Å². The SMILES string of the molecule is NC(=O)C1C[CH]CCN1C(=O)c1ccncc1. The number of nitrogens with two attached hydrogens (primary N) is 1. The molecule has 0 spiro atoms. The van der Waals surface area contributed by atoms with Crippen LogP contribution in [0.4, 0.5) is 0 Å². The molecule has 1 aliphatic heterocycles. The van der Waals surface area contributed by atoms with Crippen LogP contribution in [0.15, 0.2) is 24.5 Å². The topological polar surface area (TPSA) is 76.3 Å². The van der Waals surface area contributed by atoms with Crippen molar-refractivity contribution >= 4 is 11.8 Å². The summed E-state index contributed by atoms with van der Waals surface area (Å²) in [6.45, 7) is 0.536. The summed E-state index contributed by atoms with van der Waals surface area (Å²) in [4.78, 5) is 28.9. The molecule has 1 aliphatic rings. The molecule has 89 valence electrons. The Labute approximate surface area is 99.6 Å². The smallest absolute Gasteiger partial charge is 0.254 e. The Hall–Kier alpha value is -1.91. The molecule has 5 heteroatoms. The molecule has 17 heavy (non-hydrogen) atoms. The Morgan fingerprint density at radius 1 is 1.35 bits per heavy atom. The summed E-state index contributed by atoms with van der Waals surface area (Å²) in [6.07, 6.45) is 6.43. The number of carbonyl (C=O) groups excluding carboxylic acids is 2. The van der Waals surface area contributed by atoms with Gasteiger partial charge >= 0.3 is 0 Å². The normalized spacial score (nSPS) is 20.0. The number of likely N-dealkylation sites (tertiary alicyclic amines) is 1. The van der Waals surface area contributed by atoms with Crippen LogP contribution in [0, 0.1) is 6.42 Å². The maximum Gasteiger partial charge on any atom is 0.254 e. The Kier molecular flexibility index (Phi) is 3.37. The third kappa shape index (κ3) is 2.43. The molecule has 5 nitrogen and oxygen atoms in total. The Balaban J connectivity index is 2.20. The van der Waals surface area contributed by atoms with E-state index in [0.29, 0.717) is 18.5 Å². The van der Waals surface area contributed by atoms with Gasteiger partial charge in [-0.25, -0.2) is 0 Å². The Morgan fingerprint density at radius 3 is 2.71 bits per heavy atom. The number of hydrogen-bond acceptors (Lipinski definition) is 3. The first-order valence-corrected chi connectivity index (χ1v) is 5.52. The summed E-state index contributed by atoms with van der Waals surface area (Å²) < 4.78 is 0. The van der Waals surface area contributed by atoms with Crippen molar-refractivity contribution < 1.29 is 9.59 Å². The summed E-state index contributed by atoms with van der Waals surface area (Å²) in [5.41, 5.74) is 5.84. The highest BCUT2D eigenvalue weighted by atomic mass is 16.2. The highest BCUT2D eigenvalue weighted by Crippen LogP contribution is 2.18. The van der Waals surface area contributed by atoms with Gasteiger partial charge in [-0.2, -0.15) is 0 Å². The summed E-state index contributed by atoms with van der Waals surface area (Å²) in [6, 6.07) is 2.75. The number of aromatic nitrogens is 1. The maximum atomic E-state index is 12.2. The molecular weight excluding hydrogens is 218 g/mol. The predicted octanol–water partition coefficient (Wildman–Crippen LogP) is 0.376. The average molecular weight is 232 g/mol. The molecule has 1 fully saturated rings. The van der Waals surface area contributed by atoms with E-state index in [-0.39, 0.29) is 5.91 Å². The van der Waals surface area contributed by atoms with Gasteiger partial charge in [-0.3, -0.25) is 14.6 Å². The van der Waals surface area contributed by atoms with E-state index in [4.69, 9.17) is 5.73 Å². The molecule has 0 aliphatic carbocycles. The highest BCUT2D eigenvalue weighted by Gasteiger charge is 2.31. The lowest BCUT2D eigenvalue weighted by Crippen LogP contribution is -2.50. The van der Waals surface area contributed by atoms with Crippen LogP contribution in [0.2, 0.25) is 0 Å². The lowest BCUT2D eigenvalue weighted by atomic mass is 10.0. The van der Waals surface area contributed by atoms with Gasteiger partial charge in [-0.05, 0) is 31.4 Å². The molecular formula is C12H14N3O2. The fraction of sp³-hybridized carbons (Fsp3) is 0.333. The van der Waals surface area contributed by atoms with Crippen LogP contribution in [-0.2, 0) is 4.79 Å². The summed E-state index contributed by atoms with van der Waals surface area (Å²) in [5, 5.41) is 0. The lowest BCUT2D eigenvalue weighted by molar-refractivity contribution is -0.122. The molecule has 0 bridgehead atoms. The molecule has 2 N–H and O–H groups in total. The van der Waals surface area contributed by atoms with Crippen molar-refractivity contribution in [2.75, 3.05) is 6.54 Å². The Bertz CT molecular complexity index is 419. The molecule has 1 saturated heterocycles. The van der Waals surface area contributed by atoms with E-state index in [9.17, 15) is 9.59 Å². The van der Waals surface area contributed by atoms with E-state index < -0.39 is 11.9 Å². The van der Waals surface area contributed by atoms with Crippen molar-refractivity contribution in [2.24, 2.45) is 5.73 Å². The first-order valence-electron chi connectivity index (χ1n) is 5.52. The first kappa shape index (κ1) is 11.6. The van der Waals surface area contributed by atoms with E-state index in [1.54, 1.807) is 24.5 Å². The summed E-state index contributed by atoms with van der Waals surface area (Å²) in [5.74, 6) is -0.618. The quantitative estimate of drug-likeness (QED) is 0.800. The standard InChI is InChI=1S/C12H14N3O2/c13-11(16)10-3-1-2-8-15(10)12(17)9-4-6-14-7-5-9/h1,4-7,10H,2-3,8H2,(H2,13,16). The van der Waals surface area contributed by atoms with Gasteiger partial charge in [-0.1, -0.05) is 0 Å². The number of amides is 2. The Morgan fingerprint density at radius 2 is 2.06 bits per heavy atom. The number of primary amides is 1. The lowest BCUT2D eigenvalue weighted by Gasteiger charge is -2.33. The van der Waals surface area contributed by atoms with Crippen molar-refractivity contribution in [2.45, 2.75) is 18.9 Å². The summed E-state index contributed by atoms with van der Waals surface area (Å²) >= 11 is 0. The number of nitrogens with zero attached hydrogens (tertiary/aromatic N) is 2. The van der Waals surface area contributed by atoms with Gasteiger partial charge in [0.05, 0.1) is 0 Å². The molecule has 0 aromatic carbocycles. The van der Waals surface area contributed by atoms with Gasteiger partial charge in [0.2, 0.25) is 5.91 Å². The van der Waals surface area contributed by atoms with Crippen molar-refractivity contribution in [1.29, 1.82) is 0 Å². The minimum Gasteiger partial charge on any atom is -0.368 e. The van der Waals surface area contributed by atoms with Crippen LogP contribution in [0.25, 0.3) is 0 Å². The predicted molar refractivity (Wildman–Crippen MR) is 61.8 cm³/mol. The highest BCUT2D eigenvalue weighted by molar-refractivity contribution is 5.97. The molecule has 1 aromatic heterocycles. The molecule has 1 aromatic rings. The second-order valence-electron chi connectivity index (χ2n) is 3.97. The van der Waals surface area contributed by atoms with E-state index >= 15 is 0 Å². The molecule has 2 rings (SSSR count). The minimum atomic E-state index is -0.524. The van der Waals surface area contributed by atoms with Gasteiger partial charge in [0.1, 0.15) is 6.04 Å². The van der Waals surface area contributed by atoms with Gasteiger partial charge in [-0.15, -0.1) is 0 Å². The van der Waals surface area contributed by atoms with Crippen LogP contribution >= 0.6 is 0 Å². The molecule has 0 saturated carbocycles. The monoisotopic (exact) mass is 232 g/mol. The number of pyridine rings is 1. The fourth-order valence-corrected chi connectivity index (χ4v) is 1.96. The van der Waals surface area contributed by atoms with Crippen molar-refractivity contribution in [1.82, 2.24) is 9.88 Å². The molecule has 2 amide bonds. The van der Waals surface area contributed by atoms with Crippen molar-refractivity contribution in [3.63, 3.8) is 0 Å². The third-order valence-electron chi connectivity index (χ3n) is 2.86. The van der Waals surface area contributed by atoms with Gasteiger partial charge < -0.3 is 10.6 Å². The number of piperidine rings is 1. The van der Waals surface area contributed by atoms with E-state index in [0.717, 1.165) is 6.42 Å². The van der Waals surface area contributed by atoms with Gasteiger partial charge in [0.25, 0.3) is 5.91 Å². The zero-order valence-corrected chi connectivity index (χ0v) is 9.37.